The standard InChI is InChI=1S/C19H26ClN5O.2ClH/c1-25(9-4-17-23-14-3-2-13(20)10-15(14)24-17)18(26)16-11-19(12-22-16)5-7-21-8-6-19;;/h2-3,10,16,21-22H,4-9,11-12H2,1H3,(H,23,24);2*1H. The van der Waals surface area contributed by atoms with E-state index < -0.39 is 0 Å². The summed E-state index contributed by atoms with van der Waals surface area (Å²) in [5.74, 6) is 1.08. The van der Waals surface area contributed by atoms with Crippen LogP contribution in [-0.2, 0) is 11.2 Å². The lowest BCUT2D eigenvalue weighted by atomic mass is 9.77. The molecule has 1 amide bonds. The highest BCUT2D eigenvalue weighted by molar-refractivity contribution is 6.31. The minimum absolute atomic E-state index is 0. The molecule has 0 aliphatic carbocycles. The van der Waals surface area contributed by atoms with Gasteiger partial charge in [-0.25, -0.2) is 4.98 Å². The van der Waals surface area contributed by atoms with Gasteiger partial charge in [-0.1, -0.05) is 11.6 Å². The fourth-order valence-electron chi connectivity index (χ4n) is 4.23. The lowest BCUT2D eigenvalue weighted by molar-refractivity contribution is -0.131. The van der Waals surface area contributed by atoms with E-state index in [1.54, 1.807) is 0 Å². The zero-order valence-electron chi connectivity index (χ0n) is 16.0. The molecule has 3 heterocycles. The van der Waals surface area contributed by atoms with Crippen molar-refractivity contribution < 1.29 is 4.79 Å². The lowest BCUT2D eigenvalue weighted by Crippen LogP contribution is -2.42. The molecular weight excluding hydrogens is 421 g/mol. The molecule has 9 heteroatoms. The van der Waals surface area contributed by atoms with Crippen molar-refractivity contribution in [2.24, 2.45) is 5.41 Å². The number of aromatic nitrogens is 2. The summed E-state index contributed by atoms with van der Waals surface area (Å²) in [6.45, 7) is 3.74. The van der Waals surface area contributed by atoms with Crippen molar-refractivity contribution in [3.8, 4) is 0 Å². The van der Waals surface area contributed by atoms with Gasteiger partial charge in [0.2, 0.25) is 5.91 Å². The molecule has 28 heavy (non-hydrogen) atoms. The molecule has 3 N–H and O–H groups in total. The fourth-order valence-corrected chi connectivity index (χ4v) is 4.40. The third kappa shape index (κ3) is 4.92. The number of carbonyl (C=O) groups excluding carboxylic acids is 1. The number of rotatable bonds is 4. The van der Waals surface area contributed by atoms with Crippen LogP contribution in [0, 0.1) is 5.41 Å². The van der Waals surface area contributed by atoms with Crippen LogP contribution in [0.1, 0.15) is 25.1 Å². The molecular formula is C19H28Cl3N5O. The average molecular weight is 449 g/mol. The van der Waals surface area contributed by atoms with Gasteiger partial charge in [-0.2, -0.15) is 0 Å². The van der Waals surface area contributed by atoms with Crippen LogP contribution in [-0.4, -0.2) is 60.0 Å². The highest BCUT2D eigenvalue weighted by Crippen LogP contribution is 2.37. The van der Waals surface area contributed by atoms with Crippen LogP contribution >= 0.6 is 36.4 Å². The first-order valence-electron chi connectivity index (χ1n) is 9.38. The van der Waals surface area contributed by atoms with Crippen molar-refractivity contribution in [1.82, 2.24) is 25.5 Å². The van der Waals surface area contributed by atoms with Gasteiger partial charge >= 0.3 is 0 Å². The molecule has 1 aromatic carbocycles. The molecule has 0 saturated carbocycles. The van der Waals surface area contributed by atoms with Gasteiger partial charge in [0.15, 0.2) is 0 Å². The molecule has 1 atom stereocenters. The minimum Gasteiger partial charge on any atom is -0.344 e. The first kappa shape index (κ1) is 23.2. The SMILES string of the molecule is CN(CCc1nc2ccc(Cl)cc2[nH]1)C(=O)C1CC2(CCNCC2)CN1.Cl.Cl. The van der Waals surface area contributed by atoms with E-state index in [2.05, 4.69) is 20.6 Å². The van der Waals surface area contributed by atoms with E-state index in [0.29, 0.717) is 23.4 Å². The van der Waals surface area contributed by atoms with E-state index in [1.165, 1.54) is 0 Å². The van der Waals surface area contributed by atoms with E-state index in [0.717, 1.165) is 55.8 Å². The molecule has 1 spiro atoms. The molecule has 1 unspecified atom stereocenters. The Balaban J connectivity index is 0.00000140. The first-order chi connectivity index (χ1) is 12.5. The second-order valence-corrected chi connectivity index (χ2v) is 8.18. The van der Waals surface area contributed by atoms with Gasteiger partial charge in [-0.05, 0) is 56.0 Å². The number of fused-ring (bicyclic) bond motifs is 1. The van der Waals surface area contributed by atoms with Crippen LogP contribution in [0.4, 0.5) is 0 Å². The van der Waals surface area contributed by atoms with Crippen LogP contribution in [0.15, 0.2) is 18.2 Å². The number of halogens is 3. The first-order valence-corrected chi connectivity index (χ1v) is 9.76. The van der Waals surface area contributed by atoms with Crippen LogP contribution in [0.25, 0.3) is 11.0 Å². The third-order valence-electron chi connectivity index (χ3n) is 5.88. The molecule has 156 valence electrons. The largest absolute Gasteiger partial charge is 0.344 e. The highest BCUT2D eigenvalue weighted by Gasteiger charge is 2.42. The predicted molar refractivity (Wildman–Crippen MR) is 118 cm³/mol. The lowest BCUT2D eigenvalue weighted by Gasteiger charge is -2.33. The number of nitrogens with one attached hydrogen (secondary N) is 3. The molecule has 2 aromatic rings. The van der Waals surface area contributed by atoms with Gasteiger partial charge in [0.1, 0.15) is 5.82 Å². The Hall–Kier alpha value is -1.05. The zero-order valence-corrected chi connectivity index (χ0v) is 18.4. The van der Waals surface area contributed by atoms with Crippen LogP contribution in [0.2, 0.25) is 5.02 Å². The number of imidazole rings is 1. The van der Waals surface area contributed by atoms with Crippen molar-refractivity contribution in [3.05, 3.63) is 29.0 Å². The van der Waals surface area contributed by atoms with Crippen molar-refractivity contribution in [3.63, 3.8) is 0 Å². The van der Waals surface area contributed by atoms with Crippen molar-refractivity contribution in [1.29, 1.82) is 0 Å². The summed E-state index contributed by atoms with van der Waals surface area (Å²) in [7, 11) is 1.89. The summed E-state index contributed by atoms with van der Waals surface area (Å²) >= 11 is 6.02. The van der Waals surface area contributed by atoms with E-state index in [4.69, 9.17) is 11.6 Å². The molecule has 4 rings (SSSR count). The Morgan fingerprint density at radius 2 is 2.07 bits per heavy atom. The van der Waals surface area contributed by atoms with Gasteiger partial charge in [0.25, 0.3) is 0 Å². The van der Waals surface area contributed by atoms with E-state index in [9.17, 15) is 4.79 Å². The van der Waals surface area contributed by atoms with Crippen molar-refractivity contribution >= 4 is 53.4 Å². The van der Waals surface area contributed by atoms with Gasteiger partial charge in [-0.15, -0.1) is 24.8 Å². The van der Waals surface area contributed by atoms with Gasteiger partial charge < -0.3 is 20.5 Å². The number of benzene rings is 1. The number of H-pyrrole nitrogens is 1. The van der Waals surface area contributed by atoms with Crippen molar-refractivity contribution in [2.75, 3.05) is 33.2 Å². The topological polar surface area (TPSA) is 73.0 Å². The zero-order chi connectivity index (χ0) is 18.1. The Labute approximate surface area is 183 Å². The van der Waals surface area contributed by atoms with Crippen LogP contribution < -0.4 is 10.6 Å². The van der Waals surface area contributed by atoms with Gasteiger partial charge in [-0.3, -0.25) is 4.79 Å². The van der Waals surface area contributed by atoms with E-state index in [1.807, 2.05) is 30.1 Å². The second-order valence-electron chi connectivity index (χ2n) is 7.74. The maximum Gasteiger partial charge on any atom is 0.239 e. The Morgan fingerprint density at radius 1 is 1.32 bits per heavy atom. The van der Waals surface area contributed by atoms with Gasteiger partial charge in [0.05, 0.1) is 17.1 Å². The number of nitrogens with zero attached hydrogens (tertiary/aromatic N) is 2. The Bertz CT molecular complexity index is 806. The molecule has 1 aromatic heterocycles. The minimum atomic E-state index is -0.0485. The maximum absolute atomic E-state index is 12.8. The molecule has 2 aliphatic heterocycles. The highest BCUT2D eigenvalue weighted by atomic mass is 35.5. The van der Waals surface area contributed by atoms with Crippen LogP contribution in [0.5, 0.6) is 0 Å². The summed E-state index contributed by atoms with van der Waals surface area (Å²) < 4.78 is 0. The van der Waals surface area contributed by atoms with Crippen LogP contribution in [0.3, 0.4) is 0 Å². The summed E-state index contributed by atoms with van der Waals surface area (Å²) in [6.07, 6.45) is 3.99. The summed E-state index contributed by atoms with van der Waals surface area (Å²) in [4.78, 5) is 22.5. The molecule has 6 nitrogen and oxygen atoms in total. The van der Waals surface area contributed by atoms with Crippen molar-refractivity contribution in [2.45, 2.75) is 31.7 Å². The number of likely N-dealkylation sites (N-methyl/N-ethyl adjacent to an activating group) is 1. The maximum atomic E-state index is 12.8. The molecule has 0 radical (unpaired) electrons. The fraction of sp³-hybridized carbons (Fsp3) is 0.579. The monoisotopic (exact) mass is 447 g/mol. The summed E-state index contributed by atoms with van der Waals surface area (Å²) in [6, 6.07) is 5.58. The van der Waals surface area contributed by atoms with Gasteiger partial charge in [0, 0.05) is 31.6 Å². The quantitative estimate of drug-likeness (QED) is 0.672. The average Bonchev–Trinajstić information content (AvgIpc) is 3.23. The smallest absolute Gasteiger partial charge is 0.239 e. The normalized spacial score (nSPS) is 20.6. The number of hydrogen-bond donors (Lipinski definition) is 3. The number of carbonyl (C=O) groups is 1. The number of piperidine rings is 1. The summed E-state index contributed by atoms with van der Waals surface area (Å²) in [5, 5.41) is 7.57. The third-order valence-corrected chi connectivity index (χ3v) is 6.11. The second kappa shape index (κ2) is 9.63. The Morgan fingerprint density at radius 3 is 2.82 bits per heavy atom. The summed E-state index contributed by atoms with van der Waals surface area (Å²) in [5.41, 5.74) is 2.15. The number of hydrogen-bond acceptors (Lipinski definition) is 4. The Kier molecular flexibility index (Phi) is 7.99. The predicted octanol–water partition coefficient (Wildman–Crippen LogP) is 2.79. The van der Waals surface area contributed by atoms with E-state index in [-0.39, 0.29) is 36.8 Å². The molecule has 2 fully saturated rings. The molecule has 0 bridgehead atoms. The number of amides is 1. The van der Waals surface area contributed by atoms with E-state index >= 15 is 0 Å². The molecule has 2 aliphatic rings. The number of aromatic amines is 1. The molecule has 2 saturated heterocycles.